The van der Waals surface area contributed by atoms with Crippen LogP contribution in [0.2, 0.25) is 0 Å². The first-order chi connectivity index (χ1) is 18.1. The number of methoxy groups -OCH3 is 2. The maximum atomic E-state index is 13.2. The summed E-state index contributed by atoms with van der Waals surface area (Å²) in [6.07, 6.45) is 1.16. The molecule has 1 aliphatic heterocycles. The van der Waals surface area contributed by atoms with Gasteiger partial charge in [-0.15, -0.1) is 0 Å². The largest absolute Gasteiger partial charge is 0.466 e. The Morgan fingerprint density at radius 1 is 0.784 bits per heavy atom. The fourth-order valence-corrected chi connectivity index (χ4v) is 5.73. The van der Waals surface area contributed by atoms with Crippen molar-refractivity contribution in [1.82, 2.24) is 4.90 Å². The van der Waals surface area contributed by atoms with Crippen molar-refractivity contribution in [3.8, 4) is 0 Å². The third-order valence-corrected chi connectivity index (χ3v) is 7.44. The number of hydrogen-bond acceptors (Lipinski definition) is 5. The third kappa shape index (κ3) is 5.00. The molecule has 0 radical (unpaired) electrons. The summed E-state index contributed by atoms with van der Waals surface area (Å²) in [7, 11) is 2.73. The summed E-state index contributed by atoms with van der Waals surface area (Å²) in [5, 5.41) is 0. The Bertz CT molecular complexity index is 1330. The fourth-order valence-electron chi connectivity index (χ4n) is 5.73. The Morgan fingerprint density at radius 2 is 1.35 bits per heavy atom. The highest BCUT2D eigenvalue weighted by atomic mass is 16.5. The molecule has 2 aliphatic rings. The summed E-state index contributed by atoms with van der Waals surface area (Å²) in [6, 6.07) is 31.0. The minimum Gasteiger partial charge on any atom is -0.466 e. The molecule has 5 rings (SSSR count). The number of hydrogen-bond donors (Lipinski definition) is 0. The van der Waals surface area contributed by atoms with Crippen molar-refractivity contribution in [3.05, 3.63) is 130 Å². The lowest BCUT2D eigenvalue weighted by atomic mass is 9.71. The number of esters is 2. The van der Waals surface area contributed by atoms with Crippen LogP contribution in [0, 0.1) is 0 Å². The molecule has 2 unspecified atom stereocenters. The molecule has 1 aliphatic carbocycles. The second-order valence-electron chi connectivity index (χ2n) is 9.55. The van der Waals surface area contributed by atoms with Gasteiger partial charge in [0.1, 0.15) is 0 Å². The van der Waals surface area contributed by atoms with Crippen LogP contribution in [0.3, 0.4) is 0 Å². The van der Waals surface area contributed by atoms with Crippen LogP contribution in [0.1, 0.15) is 41.5 Å². The topological polar surface area (TPSA) is 55.8 Å². The van der Waals surface area contributed by atoms with E-state index in [1.54, 1.807) is 0 Å². The van der Waals surface area contributed by atoms with Crippen LogP contribution >= 0.6 is 0 Å². The van der Waals surface area contributed by atoms with E-state index < -0.39 is 11.9 Å². The lowest BCUT2D eigenvalue weighted by Crippen LogP contribution is -2.39. The monoisotopic (exact) mass is 493 g/mol. The first-order valence-corrected chi connectivity index (χ1v) is 12.6. The number of nitrogens with zero attached hydrogens (tertiary/aromatic N) is 1. The van der Waals surface area contributed by atoms with Crippen molar-refractivity contribution in [3.63, 3.8) is 0 Å². The van der Waals surface area contributed by atoms with Crippen molar-refractivity contribution >= 4 is 11.9 Å². The Hall–Kier alpha value is -3.96. The maximum Gasteiger partial charge on any atom is 0.335 e. The molecule has 0 amide bonds. The van der Waals surface area contributed by atoms with Gasteiger partial charge in [0, 0.05) is 31.5 Å². The molecule has 0 saturated carbocycles. The minimum absolute atomic E-state index is 0.148. The van der Waals surface area contributed by atoms with E-state index in [0.717, 1.165) is 18.5 Å². The Labute approximate surface area is 218 Å². The predicted molar refractivity (Wildman–Crippen MR) is 143 cm³/mol. The summed E-state index contributed by atoms with van der Waals surface area (Å²) in [5.41, 5.74) is 6.58. The number of carbonyl (C=O) groups is 2. The quantitative estimate of drug-likeness (QED) is 0.323. The van der Waals surface area contributed by atoms with Gasteiger partial charge in [0.05, 0.1) is 25.4 Å². The van der Waals surface area contributed by atoms with Gasteiger partial charge in [-0.2, -0.15) is 0 Å². The molecular formula is C32H31NO4. The minimum atomic E-state index is -0.486. The number of carbonyl (C=O) groups excluding carboxylic acids is 2. The summed E-state index contributed by atoms with van der Waals surface area (Å²) in [6.45, 7) is 1.46. The van der Waals surface area contributed by atoms with Crippen molar-refractivity contribution in [2.75, 3.05) is 20.8 Å². The predicted octanol–water partition coefficient (Wildman–Crippen LogP) is 5.76. The van der Waals surface area contributed by atoms with Crippen LogP contribution in [-0.2, 0) is 25.6 Å². The second kappa shape index (κ2) is 11.0. The molecule has 0 N–H and O–H groups in total. The average Bonchev–Trinajstić information content (AvgIpc) is 2.96. The highest BCUT2D eigenvalue weighted by Gasteiger charge is 2.42. The summed E-state index contributed by atoms with van der Waals surface area (Å²) in [4.78, 5) is 28.7. The SMILES string of the molecule is COC(=O)C1=C(C(=O)OC)C(c2ccccc2)C2=C(C1)CC(c1ccccc1)N(Cc1ccccc1)C2. The molecule has 0 aromatic heterocycles. The van der Waals surface area contributed by atoms with Crippen LogP contribution in [-0.4, -0.2) is 37.6 Å². The van der Waals surface area contributed by atoms with Crippen LogP contribution < -0.4 is 0 Å². The lowest BCUT2D eigenvalue weighted by molar-refractivity contribution is -0.139. The van der Waals surface area contributed by atoms with Crippen LogP contribution in [0.4, 0.5) is 0 Å². The molecule has 1 heterocycles. The van der Waals surface area contributed by atoms with Gasteiger partial charge in [-0.25, -0.2) is 9.59 Å². The zero-order valence-corrected chi connectivity index (χ0v) is 21.2. The van der Waals surface area contributed by atoms with Gasteiger partial charge < -0.3 is 9.47 Å². The number of rotatable bonds is 6. The number of benzene rings is 3. The van der Waals surface area contributed by atoms with Crippen molar-refractivity contribution in [2.45, 2.75) is 31.3 Å². The van der Waals surface area contributed by atoms with Crippen molar-refractivity contribution < 1.29 is 19.1 Å². The van der Waals surface area contributed by atoms with Crippen molar-refractivity contribution in [2.24, 2.45) is 0 Å². The summed E-state index contributed by atoms with van der Waals surface area (Å²) < 4.78 is 10.4. The number of ether oxygens (including phenoxy) is 2. The Morgan fingerprint density at radius 3 is 1.95 bits per heavy atom. The van der Waals surface area contributed by atoms with Gasteiger partial charge in [-0.05, 0) is 28.7 Å². The highest BCUT2D eigenvalue weighted by Crippen LogP contribution is 2.49. The van der Waals surface area contributed by atoms with E-state index in [1.807, 2.05) is 42.5 Å². The van der Waals surface area contributed by atoms with Gasteiger partial charge in [-0.3, -0.25) is 4.90 Å². The average molecular weight is 494 g/mol. The summed E-state index contributed by atoms with van der Waals surface area (Å²) in [5.74, 6) is -1.34. The normalized spacial score (nSPS) is 19.8. The van der Waals surface area contributed by atoms with Crippen LogP contribution in [0.25, 0.3) is 0 Å². The van der Waals surface area contributed by atoms with Gasteiger partial charge in [0.2, 0.25) is 0 Å². The molecule has 2 atom stereocenters. The Balaban J connectivity index is 1.64. The molecule has 0 bridgehead atoms. The van der Waals surface area contributed by atoms with E-state index in [-0.39, 0.29) is 12.0 Å². The van der Waals surface area contributed by atoms with Gasteiger partial charge in [0.25, 0.3) is 0 Å². The van der Waals surface area contributed by atoms with E-state index in [1.165, 1.54) is 36.5 Å². The standard InChI is InChI=1S/C32H31NO4/c1-36-31(34)26-18-25-19-28(23-14-8-4-9-15-23)33(20-22-12-6-3-7-13-22)21-27(25)29(30(26)32(35)37-2)24-16-10-5-11-17-24/h3-17,28-29H,18-21H2,1-2H3. The molecule has 0 spiro atoms. The zero-order valence-electron chi connectivity index (χ0n) is 21.2. The van der Waals surface area contributed by atoms with Gasteiger partial charge in [-0.1, -0.05) is 96.6 Å². The van der Waals surface area contributed by atoms with E-state index >= 15 is 0 Å². The van der Waals surface area contributed by atoms with E-state index in [2.05, 4.69) is 53.4 Å². The van der Waals surface area contributed by atoms with Crippen LogP contribution in [0.5, 0.6) is 0 Å². The van der Waals surface area contributed by atoms with E-state index in [9.17, 15) is 9.59 Å². The van der Waals surface area contributed by atoms with E-state index in [0.29, 0.717) is 24.1 Å². The molecule has 188 valence electrons. The molecular weight excluding hydrogens is 462 g/mol. The fraction of sp³-hybridized carbons (Fsp3) is 0.250. The first-order valence-electron chi connectivity index (χ1n) is 12.6. The molecule has 37 heavy (non-hydrogen) atoms. The smallest absolute Gasteiger partial charge is 0.335 e. The second-order valence-corrected chi connectivity index (χ2v) is 9.55. The molecule has 5 heteroatoms. The summed E-state index contributed by atoms with van der Waals surface area (Å²) >= 11 is 0. The third-order valence-electron chi connectivity index (χ3n) is 7.44. The zero-order chi connectivity index (χ0) is 25.8. The molecule has 0 fully saturated rings. The van der Waals surface area contributed by atoms with E-state index in [4.69, 9.17) is 9.47 Å². The van der Waals surface area contributed by atoms with Crippen molar-refractivity contribution in [1.29, 1.82) is 0 Å². The van der Waals surface area contributed by atoms with Gasteiger partial charge in [0.15, 0.2) is 0 Å². The lowest BCUT2D eigenvalue weighted by Gasteiger charge is -2.43. The maximum absolute atomic E-state index is 13.2. The molecule has 3 aromatic carbocycles. The first kappa shape index (κ1) is 24.7. The molecule has 3 aromatic rings. The molecule has 5 nitrogen and oxygen atoms in total. The van der Waals surface area contributed by atoms with Gasteiger partial charge >= 0.3 is 11.9 Å². The van der Waals surface area contributed by atoms with Crippen LogP contribution in [0.15, 0.2) is 113 Å². The Kier molecular flexibility index (Phi) is 7.33. The molecule has 0 saturated heterocycles. The highest BCUT2D eigenvalue weighted by molar-refractivity contribution is 6.03.